The third-order valence-corrected chi connectivity index (χ3v) is 7.81. The Morgan fingerprint density at radius 1 is 1.18 bits per heavy atom. The summed E-state index contributed by atoms with van der Waals surface area (Å²) in [5, 5.41) is 9.89. The SMILES string of the molecule is C=C(c1ccc(N2CCCB2C)cc1C#N)N1CCN(c2ncc(C3CC3)cc2CCC)CC1. The van der Waals surface area contributed by atoms with E-state index in [0.717, 1.165) is 74.0 Å². The summed E-state index contributed by atoms with van der Waals surface area (Å²) in [7, 11) is 0. The fourth-order valence-corrected chi connectivity index (χ4v) is 5.63. The molecule has 1 aliphatic carbocycles. The summed E-state index contributed by atoms with van der Waals surface area (Å²) in [5.41, 5.74) is 6.64. The predicted octanol–water partition coefficient (Wildman–Crippen LogP) is 5.41. The van der Waals surface area contributed by atoms with Crippen LogP contribution >= 0.6 is 0 Å². The van der Waals surface area contributed by atoms with Crippen LogP contribution in [0.15, 0.2) is 37.0 Å². The van der Waals surface area contributed by atoms with E-state index in [4.69, 9.17) is 4.98 Å². The fraction of sp³-hybridized carbons (Fsp3) is 0.500. The lowest BCUT2D eigenvalue weighted by molar-refractivity contribution is 0.366. The molecule has 0 bridgehead atoms. The zero-order valence-electron chi connectivity index (χ0n) is 20.8. The quantitative estimate of drug-likeness (QED) is 0.525. The van der Waals surface area contributed by atoms with Crippen LogP contribution in [0.5, 0.6) is 0 Å². The van der Waals surface area contributed by atoms with E-state index in [1.807, 2.05) is 0 Å². The molecule has 0 radical (unpaired) electrons. The van der Waals surface area contributed by atoms with Crippen LogP contribution in [0.1, 0.15) is 60.8 Å². The second kappa shape index (κ2) is 9.74. The first kappa shape index (κ1) is 22.8. The average molecular weight is 453 g/mol. The number of nitriles is 1. The molecular weight excluding hydrogens is 417 g/mol. The first-order valence-corrected chi connectivity index (χ1v) is 13.1. The molecule has 1 aromatic heterocycles. The van der Waals surface area contributed by atoms with Crippen molar-refractivity contribution < 1.29 is 0 Å². The van der Waals surface area contributed by atoms with E-state index in [1.165, 1.54) is 42.5 Å². The van der Waals surface area contributed by atoms with Gasteiger partial charge in [0.25, 0.3) is 6.85 Å². The first-order chi connectivity index (χ1) is 16.6. The Kier molecular flexibility index (Phi) is 6.54. The largest absolute Gasteiger partial charge is 0.415 e. The van der Waals surface area contributed by atoms with Crippen molar-refractivity contribution in [1.82, 2.24) is 9.88 Å². The summed E-state index contributed by atoms with van der Waals surface area (Å²) in [6.07, 6.45) is 9.41. The zero-order valence-corrected chi connectivity index (χ0v) is 20.8. The average Bonchev–Trinajstić information content (AvgIpc) is 3.64. The maximum absolute atomic E-state index is 9.89. The highest BCUT2D eigenvalue weighted by atomic mass is 15.3. The van der Waals surface area contributed by atoms with E-state index in [1.54, 1.807) is 0 Å². The fourth-order valence-electron chi connectivity index (χ4n) is 5.63. The summed E-state index contributed by atoms with van der Waals surface area (Å²) in [4.78, 5) is 12.1. The van der Waals surface area contributed by atoms with Crippen molar-refractivity contribution in [3.05, 3.63) is 59.3 Å². The minimum Gasteiger partial charge on any atom is -0.415 e. The van der Waals surface area contributed by atoms with Gasteiger partial charge in [-0.2, -0.15) is 5.26 Å². The van der Waals surface area contributed by atoms with Gasteiger partial charge in [-0.05, 0) is 60.9 Å². The second-order valence-electron chi connectivity index (χ2n) is 10.2. The first-order valence-electron chi connectivity index (χ1n) is 13.1. The lowest BCUT2D eigenvalue weighted by Crippen LogP contribution is -2.46. The molecule has 1 saturated carbocycles. The molecule has 3 aliphatic rings. The van der Waals surface area contributed by atoms with E-state index in [0.29, 0.717) is 6.85 Å². The molecule has 6 heteroatoms. The highest BCUT2D eigenvalue weighted by Gasteiger charge is 2.28. The van der Waals surface area contributed by atoms with E-state index in [9.17, 15) is 5.26 Å². The van der Waals surface area contributed by atoms with Gasteiger partial charge in [0.2, 0.25) is 0 Å². The van der Waals surface area contributed by atoms with Crippen LogP contribution in [-0.2, 0) is 6.42 Å². The number of rotatable bonds is 7. The second-order valence-corrected chi connectivity index (χ2v) is 10.2. The van der Waals surface area contributed by atoms with Gasteiger partial charge in [0, 0.05) is 55.9 Å². The summed E-state index contributed by atoms with van der Waals surface area (Å²) < 4.78 is 0. The molecule has 0 amide bonds. The van der Waals surface area contributed by atoms with Crippen molar-refractivity contribution in [2.45, 2.75) is 58.1 Å². The molecule has 0 spiro atoms. The Morgan fingerprint density at radius 2 is 1.97 bits per heavy atom. The van der Waals surface area contributed by atoms with E-state index in [2.05, 4.69) is 71.5 Å². The molecule has 0 atom stereocenters. The molecule has 2 aliphatic heterocycles. The van der Waals surface area contributed by atoms with Gasteiger partial charge in [-0.1, -0.05) is 39.1 Å². The minimum atomic E-state index is 0.540. The number of aryl methyl sites for hydroxylation is 1. The maximum Gasteiger partial charge on any atom is 0.251 e. The summed E-state index contributed by atoms with van der Waals surface area (Å²) in [5.74, 6) is 1.91. The third-order valence-electron chi connectivity index (χ3n) is 7.81. The Morgan fingerprint density at radius 3 is 2.62 bits per heavy atom. The van der Waals surface area contributed by atoms with Crippen molar-refractivity contribution in [1.29, 1.82) is 5.26 Å². The Labute approximate surface area is 205 Å². The van der Waals surface area contributed by atoms with E-state index >= 15 is 0 Å². The van der Waals surface area contributed by atoms with Gasteiger partial charge in [0.1, 0.15) is 5.82 Å². The monoisotopic (exact) mass is 453 g/mol. The lowest BCUT2D eigenvalue weighted by Gasteiger charge is -2.38. The maximum atomic E-state index is 9.89. The van der Waals surface area contributed by atoms with Crippen molar-refractivity contribution in [2.75, 3.05) is 42.4 Å². The van der Waals surface area contributed by atoms with Crippen molar-refractivity contribution in [3.63, 3.8) is 0 Å². The number of aromatic nitrogens is 1. The molecule has 0 N–H and O–H groups in total. The number of anilines is 2. The van der Waals surface area contributed by atoms with Gasteiger partial charge in [-0.3, -0.25) is 0 Å². The molecule has 1 aromatic carbocycles. The molecule has 0 unspecified atom stereocenters. The number of piperazine rings is 1. The summed E-state index contributed by atoms with van der Waals surface area (Å²) in [6.45, 7) is 14.2. The normalized spacial score (nSPS) is 18.4. The standard InChI is InChI=1S/C28H36BN5/c1-4-6-23-17-25(22-7-8-22)20-31-28(23)33-15-13-32(14-16-33)21(2)27-10-9-26(18-24(27)19-30)34-12-5-11-29(34)3/h9-10,17-18,20,22H,2,4-8,11-16H2,1,3H3. The topological polar surface area (TPSA) is 46.4 Å². The zero-order chi connectivity index (χ0) is 23.7. The van der Waals surface area contributed by atoms with E-state index in [-0.39, 0.29) is 0 Å². The number of nitrogens with zero attached hydrogens (tertiary/aromatic N) is 5. The summed E-state index contributed by atoms with van der Waals surface area (Å²) >= 11 is 0. The lowest BCUT2D eigenvalue weighted by atomic mass is 9.62. The molecule has 176 valence electrons. The van der Waals surface area contributed by atoms with Crippen molar-refractivity contribution in [2.24, 2.45) is 0 Å². The molecule has 2 saturated heterocycles. The highest BCUT2D eigenvalue weighted by Crippen LogP contribution is 2.41. The van der Waals surface area contributed by atoms with Gasteiger partial charge in [0.05, 0.1) is 11.6 Å². The van der Waals surface area contributed by atoms with Gasteiger partial charge >= 0.3 is 0 Å². The summed E-state index contributed by atoms with van der Waals surface area (Å²) in [6, 6.07) is 11.2. The van der Waals surface area contributed by atoms with Gasteiger partial charge in [-0.25, -0.2) is 4.98 Å². The molecule has 3 heterocycles. The molecule has 5 nitrogen and oxygen atoms in total. The van der Waals surface area contributed by atoms with Crippen LogP contribution in [0.3, 0.4) is 0 Å². The van der Waals surface area contributed by atoms with Gasteiger partial charge in [-0.15, -0.1) is 0 Å². The molecule has 2 aromatic rings. The van der Waals surface area contributed by atoms with Crippen LogP contribution in [0, 0.1) is 11.3 Å². The Bertz CT molecular complexity index is 1090. The third kappa shape index (κ3) is 4.53. The van der Waals surface area contributed by atoms with E-state index < -0.39 is 0 Å². The van der Waals surface area contributed by atoms with Crippen LogP contribution in [-0.4, -0.2) is 49.5 Å². The van der Waals surface area contributed by atoms with Crippen LogP contribution in [0.2, 0.25) is 13.1 Å². The molecule has 34 heavy (non-hydrogen) atoms. The smallest absolute Gasteiger partial charge is 0.251 e. The van der Waals surface area contributed by atoms with Crippen molar-refractivity contribution in [3.8, 4) is 6.07 Å². The number of pyridine rings is 1. The molecule has 5 rings (SSSR count). The van der Waals surface area contributed by atoms with Crippen LogP contribution in [0.25, 0.3) is 5.70 Å². The molecule has 3 fully saturated rings. The number of hydrogen-bond acceptors (Lipinski definition) is 5. The molecular formula is C28H36BN5. The Hall–Kier alpha value is -2.94. The van der Waals surface area contributed by atoms with Crippen LogP contribution < -0.4 is 9.71 Å². The number of benzene rings is 1. The Balaban J connectivity index is 1.28. The van der Waals surface area contributed by atoms with Gasteiger partial charge < -0.3 is 14.6 Å². The minimum absolute atomic E-state index is 0.540. The predicted molar refractivity (Wildman–Crippen MR) is 143 cm³/mol. The highest BCUT2D eigenvalue weighted by molar-refractivity contribution is 6.62. The number of hydrogen-bond donors (Lipinski definition) is 0. The van der Waals surface area contributed by atoms with Crippen LogP contribution in [0.4, 0.5) is 11.5 Å². The van der Waals surface area contributed by atoms with Crippen molar-refractivity contribution >= 4 is 24.0 Å². The van der Waals surface area contributed by atoms with Gasteiger partial charge in [0.15, 0.2) is 0 Å².